The van der Waals surface area contributed by atoms with E-state index in [4.69, 9.17) is 10.6 Å². The van der Waals surface area contributed by atoms with Crippen LogP contribution in [0.2, 0.25) is 0 Å². The van der Waals surface area contributed by atoms with Crippen molar-refractivity contribution in [2.24, 2.45) is 5.11 Å². The average molecular weight is 197 g/mol. The zero-order chi connectivity index (χ0) is 9.52. The Morgan fingerprint density at radius 1 is 1.69 bits per heavy atom. The van der Waals surface area contributed by atoms with Gasteiger partial charge < -0.3 is 5.11 Å². The molecule has 0 aliphatic carbocycles. The van der Waals surface area contributed by atoms with E-state index in [9.17, 15) is 0 Å². The summed E-state index contributed by atoms with van der Waals surface area (Å²) >= 11 is 1.65. The Labute approximate surface area is 80.5 Å². The third-order valence-electron chi connectivity index (χ3n) is 1.77. The van der Waals surface area contributed by atoms with Gasteiger partial charge in [-0.15, -0.1) is 0 Å². The number of aliphatic hydroxyl groups is 1. The fraction of sp³-hybridized carbons (Fsp3) is 0.500. The van der Waals surface area contributed by atoms with Crippen LogP contribution in [0.3, 0.4) is 0 Å². The lowest BCUT2D eigenvalue weighted by atomic mass is 10.1. The molecule has 70 valence electrons. The summed E-state index contributed by atoms with van der Waals surface area (Å²) < 4.78 is 0. The third-order valence-corrected chi connectivity index (χ3v) is 2.50. The van der Waals surface area contributed by atoms with Crippen molar-refractivity contribution in [2.45, 2.75) is 18.9 Å². The summed E-state index contributed by atoms with van der Waals surface area (Å²) in [5, 5.41) is 16.4. The van der Waals surface area contributed by atoms with Crippen molar-refractivity contribution < 1.29 is 5.11 Å². The second-order valence-electron chi connectivity index (χ2n) is 2.71. The van der Waals surface area contributed by atoms with E-state index in [0.29, 0.717) is 6.42 Å². The molecule has 0 aliphatic heterocycles. The molecule has 0 saturated heterocycles. The van der Waals surface area contributed by atoms with Gasteiger partial charge in [-0.25, -0.2) is 0 Å². The normalized spacial score (nSPS) is 12.1. The van der Waals surface area contributed by atoms with Crippen LogP contribution in [-0.2, 0) is 6.42 Å². The smallest absolute Gasteiger partial charge is 0.0608 e. The van der Waals surface area contributed by atoms with Gasteiger partial charge in [0.15, 0.2) is 0 Å². The van der Waals surface area contributed by atoms with Gasteiger partial charge in [0.1, 0.15) is 0 Å². The van der Waals surface area contributed by atoms with Crippen LogP contribution in [0.15, 0.2) is 21.9 Å². The van der Waals surface area contributed by atoms with E-state index in [0.717, 1.165) is 6.42 Å². The highest BCUT2D eigenvalue weighted by molar-refractivity contribution is 7.07. The van der Waals surface area contributed by atoms with E-state index in [1.54, 1.807) is 11.3 Å². The van der Waals surface area contributed by atoms with Crippen LogP contribution in [0.4, 0.5) is 0 Å². The summed E-state index contributed by atoms with van der Waals surface area (Å²) in [7, 11) is 0. The largest absolute Gasteiger partial charge is 0.396 e. The first-order valence-corrected chi connectivity index (χ1v) is 4.97. The van der Waals surface area contributed by atoms with Crippen LogP contribution in [0, 0.1) is 0 Å². The lowest BCUT2D eigenvalue weighted by Gasteiger charge is -2.04. The highest BCUT2D eigenvalue weighted by atomic mass is 32.1. The summed E-state index contributed by atoms with van der Waals surface area (Å²) in [5.74, 6) is 0. The second kappa shape index (κ2) is 5.59. The molecule has 1 N–H and O–H groups in total. The number of aryl methyl sites for hydroxylation is 1. The van der Waals surface area contributed by atoms with Crippen molar-refractivity contribution in [3.63, 3.8) is 0 Å². The van der Waals surface area contributed by atoms with E-state index >= 15 is 0 Å². The minimum atomic E-state index is -0.287. The Bertz CT molecular complexity index is 280. The summed E-state index contributed by atoms with van der Waals surface area (Å²) in [4.78, 5) is 2.67. The van der Waals surface area contributed by atoms with E-state index in [1.807, 2.05) is 11.4 Å². The van der Waals surface area contributed by atoms with Gasteiger partial charge in [0.25, 0.3) is 0 Å². The topological polar surface area (TPSA) is 69.0 Å². The summed E-state index contributed by atoms with van der Waals surface area (Å²) in [6.07, 6.45) is 1.56. The van der Waals surface area contributed by atoms with Crippen molar-refractivity contribution in [1.82, 2.24) is 0 Å². The number of hydrogen-bond acceptors (Lipinski definition) is 3. The zero-order valence-electron chi connectivity index (χ0n) is 7.13. The van der Waals surface area contributed by atoms with Crippen molar-refractivity contribution >= 4 is 11.3 Å². The van der Waals surface area contributed by atoms with Gasteiger partial charge in [-0.2, -0.15) is 11.3 Å². The Morgan fingerprint density at radius 2 is 2.54 bits per heavy atom. The van der Waals surface area contributed by atoms with Crippen LogP contribution in [0.25, 0.3) is 10.4 Å². The Kier molecular flexibility index (Phi) is 4.32. The fourth-order valence-electron chi connectivity index (χ4n) is 1.03. The molecule has 0 fully saturated rings. The van der Waals surface area contributed by atoms with Gasteiger partial charge in [-0.3, -0.25) is 0 Å². The minimum Gasteiger partial charge on any atom is -0.396 e. The Hall–Kier alpha value is -1.03. The maximum absolute atomic E-state index is 8.82. The summed E-state index contributed by atoms with van der Waals surface area (Å²) in [6.45, 7) is -0.0752. The Balaban J connectivity index is 2.36. The zero-order valence-corrected chi connectivity index (χ0v) is 7.94. The first kappa shape index (κ1) is 10.1. The lowest BCUT2D eigenvalue weighted by molar-refractivity contribution is 0.260. The van der Waals surface area contributed by atoms with Crippen LogP contribution >= 0.6 is 11.3 Å². The molecule has 1 rings (SSSR count). The molecule has 1 unspecified atom stereocenters. The van der Waals surface area contributed by atoms with Crippen molar-refractivity contribution in [3.05, 3.63) is 32.8 Å². The van der Waals surface area contributed by atoms with Crippen LogP contribution < -0.4 is 0 Å². The third kappa shape index (κ3) is 3.46. The highest BCUT2D eigenvalue weighted by Gasteiger charge is 2.04. The monoisotopic (exact) mass is 197 g/mol. The first-order chi connectivity index (χ1) is 6.36. The summed E-state index contributed by atoms with van der Waals surface area (Å²) in [6, 6.07) is 1.75. The molecule has 4 nitrogen and oxygen atoms in total. The molecule has 1 aromatic heterocycles. The molecule has 0 aliphatic rings. The molecule has 0 aromatic carbocycles. The number of aliphatic hydroxyl groups excluding tert-OH is 1. The number of hydrogen-bond donors (Lipinski definition) is 1. The van der Waals surface area contributed by atoms with Gasteiger partial charge in [-0.1, -0.05) is 5.11 Å². The molecule has 0 spiro atoms. The molecular formula is C8H11N3OS. The van der Waals surface area contributed by atoms with Crippen LogP contribution in [0.1, 0.15) is 12.0 Å². The van der Waals surface area contributed by atoms with Crippen LogP contribution in [0.5, 0.6) is 0 Å². The number of thiophene rings is 1. The molecule has 0 saturated carbocycles. The van der Waals surface area contributed by atoms with Crippen molar-refractivity contribution in [2.75, 3.05) is 6.61 Å². The molecule has 1 heterocycles. The minimum absolute atomic E-state index is 0.0752. The van der Waals surface area contributed by atoms with Gasteiger partial charge in [0.2, 0.25) is 0 Å². The number of azide groups is 1. The number of nitrogens with zero attached hydrogens (tertiary/aromatic N) is 3. The van der Waals surface area contributed by atoms with E-state index < -0.39 is 0 Å². The molecular weight excluding hydrogens is 186 g/mol. The van der Waals surface area contributed by atoms with Gasteiger partial charge in [0.05, 0.1) is 12.6 Å². The molecule has 1 aromatic rings. The standard InChI is InChI=1S/C8H11N3OS/c9-11-10-8(5-12)2-1-7-3-4-13-6-7/h3-4,6,8,12H,1-2,5H2. The predicted octanol–water partition coefficient (Wildman–Crippen LogP) is 2.35. The first-order valence-electron chi connectivity index (χ1n) is 4.03. The summed E-state index contributed by atoms with van der Waals surface area (Å²) in [5.41, 5.74) is 9.41. The second-order valence-corrected chi connectivity index (χ2v) is 3.49. The van der Waals surface area contributed by atoms with Gasteiger partial charge in [0, 0.05) is 4.91 Å². The quantitative estimate of drug-likeness (QED) is 0.439. The van der Waals surface area contributed by atoms with Crippen molar-refractivity contribution in [1.29, 1.82) is 0 Å². The van der Waals surface area contributed by atoms with Gasteiger partial charge in [-0.05, 0) is 40.8 Å². The SMILES string of the molecule is [N-]=[N+]=NC(CO)CCc1ccsc1. The molecule has 1 atom stereocenters. The Morgan fingerprint density at radius 3 is 3.08 bits per heavy atom. The lowest BCUT2D eigenvalue weighted by Crippen LogP contribution is -2.09. The molecule has 0 radical (unpaired) electrons. The molecule has 0 bridgehead atoms. The highest BCUT2D eigenvalue weighted by Crippen LogP contribution is 2.10. The average Bonchev–Trinajstić information content (AvgIpc) is 2.64. The maximum Gasteiger partial charge on any atom is 0.0608 e. The number of rotatable bonds is 5. The maximum atomic E-state index is 8.82. The van der Waals surface area contributed by atoms with Gasteiger partial charge >= 0.3 is 0 Å². The van der Waals surface area contributed by atoms with Crippen LogP contribution in [-0.4, -0.2) is 17.8 Å². The van der Waals surface area contributed by atoms with E-state index in [-0.39, 0.29) is 12.6 Å². The molecule has 5 heteroatoms. The predicted molar refractivity (Wildman–Crippen MR) is 52.7 cm³/mol. The fourth-order valence-corrected chi connectivity index (χ4v) is 1.73. The van der Waals surface area contributed by atoms with Crippen molar-refractivity contribution in [3.8, 4) is 0 Å². The van der Waals surface area contributed by atoms with E-state index in [1.165, 1.54) is 5.56 Å². The van der Waals surface area contributed by atoms with E-state index in [2.05, 4.69) is 15.4 Å². The molecule has 13 heavy (non-hydrogen) atoms. The molecule has 0 amide bonds.